The first kappa shape index (κ1) is 17.0. The molecule has 0 radical (unpaired) electrons. The number of hydrogen-bond acceptors (Lipinski definition) is 1. The van der Waals surface area contributed by atoms with Crippen LogP contribution in [0.25, 0.3) is 0 Å². The zero-order chi connectivity index (χ0) is 12.0. The lowest BCUT2D eigenvalue weighted by Crippen LogP contribution is -2.35. The number of guanidine groups is 1. The molecule has 17 heavy (non-hydrogen) atoms. The number of halogens is 1. The Hall–Kier alpha value is 0. The molecule has 0 atom stereocenters. The first-order valence-corrected chi connectivity index (χ1v) is 6.50. The first-order valence-electron chi connectivity index (χ1n) is 6.50. The van der Waals surface area contributed by atoms with Crippen LogP contribution in [0.5, 0.6) is 0 Å². The molecule has 0 bridgehead atoms. The topological polar surface area (TPSA) is 18.8 Å². The van der Waals surface area contributed by atoms with Crippen molar-refractivity contribution in [1.29, 1.82) is 0 Å². The summed E-state index contributed by atoms with van der Waals surface area (Å²) in [5.41, 5.74) is 0. The van der Waals surface area contributed by atoms with Gasteiger partial charge < -0.3 is 9.80 Å². The molecule has 4 heteroatoms. The van der Waals surface area contributed by atoms with Crippen molar-refractivity contribution < 1.29 is 0 Å². The summed E-state index contributed by atoms with van der Waals surface area (Å²) in [6, 6.07) is 0. The highest BCUT2D eigenvalue weighted by molar-refractivity contribution is 14.0. The normalized spacial score (nSPS) is 16.0. The van der Waals surface area contributed by atoms with Gasteiger partial charge in [-0.3, -0.25) is 4.99 Å². The zero-order valence-corrected chi connectivity index (χ0v) is 14.1. The van der Waals surface area contributed by atoms with Crippen LogP contribution in [0.2, 0.25) is 0 Å². The average molecular weight is 353 g/mol. The number of aliphatic imine (C=N–C) groups is 1. The number of rotatable bonds is 3. The Kier molecular flexibility index (Phi) is 9.00. The Morgan fingerprint density at radius 1 is 1.00 bits per heavy atom. The van der Waals surface area contributed by atoms with Crippen molar-refractivity contribution >= 4 is 29.9 Å². The van der Waals surface area contributed by atoms with Crippen molar-refractivity contribution in [3.05, 3.63) is 0 Å². The van der Waals surface area contributed by atoms with Crippen molar-refractivity contribution in [3.63, 3.8) is 0 Å². The van der Waals surface area contributed by atoms with Gasteiger partial charge in [-0.2, -0.15) is 0 Å². The molecule has 3 nitrogen and oxygen atoms in total. The Balaban J connectivity index is 0.00000256. The first-order chi connectivity index (χ1) is 7.61. The van der Waals surface area contributed by atoms with Gasteiger partial charge in [0.2, 0.25) is 0 Å². The highest BCUT2D eigenvalue weighted by Gasteiger charge is 2.13. The van der Waals surface area contributed by atoms with Gasteiger partial charge in [0.05, 0.1) is 0 Å². The van der Waals surface area contributed by atoms with E-state index in [0.29, 0.717) is 0 Å². The van der Waals surface area contributed by atoms with E-state index < -0.39 is 0 Å². The average Bonchev–Trinajstić information content (AvgIpc) is 2.24. The Morgan fingerprint density at radius 3 is 2.00 bits per heavy atom. The van der Waals surface area contributed by atoms with Crippen LogP contribution in [0.15, 0.2) is 4.99 Å². The predicted molar refractivity (Wildman–Crippen MR) is 86.3 cm³/mol. The summed E-state index contributed by atoms with van der Waals surface area (Å²) in [6.45, 7) is 0.982. The summed E-state index contributed by atoms with van der Waals surface area (Å²) in [6.07, 6.45) is 8.43. The fourth-order valence-electron chi connectivity index (χ4n) is 2.51. The second-order valence-corrected chi connectivity index (χ2v) is 5.26. The van der Waals surface area contributed by atoms with E-state index >= 15 is 0 Å². The summed E-state index contributed by atoms with van der Waals surface area (Å²) in [4.78, 5) is 8.85. The van der Waals surface area contributed by atoms with Crippen molar-refractivity contribution in [2.24, 2.45) is 10.9 Å². The maximum absolute atomic E-state index is 4.69. The standard InChI is InChI=1S/C13H27N3.HI/c1-15(2)13(16(3)4)14-11-10-12-8-6-5-7-9-12;/h12H,5-11H2,1-4H3;1H. The second kappa shape index (κ2) is 9.00. The predicted octanol–water partition coefficient (Wildman–Crippen LogP) is 3.05. The lowest BCUT2D eigenvalue weighted by Gasteiger charge is -2.24. The molecule has 1 fully saturated rings. The third-order valence-corrected chi connectivity index (χ3v) is 3.32. The van der Waals surface area contributed by atoms with Gasteiger partial charge in [0.25, 0.3) is 0 Å². The smallest absolute Gasteiger partial charge is 0.195 e. The van der Waals surface area contributed by atoms with E-state index in [2.05, 4.69) is 43.0 Å². The molecular formula is C13H28IN3. The molecule has 0 N–H and O–H groups in total. The van der Waals surface area contributed by atoms with Gasteiger partial charge in [-0.15, -0.1) is 24.0 Å². The highest BCUT2D eigenvalue weighted by Crippen LogP contribution is 2.26. The third-order valence-electron chi connectivity index (χ3n) is 3.32. The molecular weight excluding hydrogens is 325 g/mol. The molecule has 102 valence electrons. The summed E-state index contributed by atoms with van der Waals surface area (Å²) < 4.78 is 0. The van der Waals surface area contributed by atoms with Crippen LogP contribution in [-0.2, 0) is 0 Å². The van der Waals surface area contributed by atoms with E-state index in [1.165, 1.54) is 38.5 Å². The molecule has 1 saturated carbocycles. The quantitative estimate of drug-likeness (QED) is 0.441. The van der Waals surface area contributed by atoms with E-state index in [-0.39, 0.29) is 24.0 Å². The lowest BCUT2D eigenvalue weighted by molar-refractivity contribution is 0.342. The van der Waals surface area contributed by atoms with Gasteiger partial charge in [-0.05, 0) is 12.3 Å². The van der Waals surface area contributed by atoms with Crippen LogP contribution in [0, 0.1) is 5.92 Å². The Labute approximate surface area is 124 Å². The molecule has 0 aromatic heterocycles. The van der Waals surface area contributed by atoms with Crippen LogP contribution >= 0.6 is 24.0 Å². The third kappa shape index (κ3) is 6.48. The van der Waals surface area contributed by atoms with Crippen LogP contribution < -0.4 is 0 Å². The van der Waals surface area contributed by atoms with E-state index in [0.717, 1.165) is 18.4 Å². The van der Waals surface area contributed by atoms with Crippen LogP contribution in [-0.4, -0.2) is 50.5 Å². The van der Waals surface area contributed by atoms with Gasteiger partial charge in [0, 0.05) is 34.7 Å². The van der Waals surface area contributed by atoms with Crippen molar-refractivity contribution in [2.45, 2.75) is 38.5 Å². The van der Waals surface area contributed by atoms with Crippen LogP contribution in [0.4, 0.5) is 0 Å². The summed E-state index contributed by atoms with van der Waals surface area (Å²) >= 11 is 0. The summed E-state index contributed by atoms with van der Waals surface area (Å²) in [5, 5.41) is 0. The molecule has 1 aliphatic rings. The van der Waals surface area contributed by atoms with Gasteiger partial charge in [0.1, 0.15) is 0 Å². The molecule has 0 aromatic rings. The molecule has 1 aliphatic carbocycles. The summed E-state index contributed by atoms with van der Waals surface area (Å²) in [5.74, 6) is 2.01. The van der Waals surface area contributed by atoms with E-state index in [1.807, 2.05) is 0 Å². The molecule has 0 spiro atoms. The molecule has 0 amide bonds. The maximum Gasteiger partial charge on any atom is 0.195 e. The van der Waals surface area contributed by atoms with Gasteiger partial charge in [0.15, 0.2) is 5.96 Å². The monoisotopic (exact) mass is 353 g/mol. The lowest BCUT2D eigenvalue weighted by atomic mass is 9.87. The number of nitrogens with zero attached hydrogens (tertiary/aromatic N) is 3. The van der Waals surface area contributed by atoms with Crippen LogP contribution in [0.3, 0.4) is 0 Å². The van der Waals surface area contributed by atoms with Crippen molar-refractivity contribution in [2.75, 3.05) is 34.7 Å². The maximum atomic E-state index is 4.69. The van der Waals surface area contributed by atoms with E-state index in [4.69, 9.17) is 0 Å². The van der Waals surface area contributed by atoms with Crippen LogP contribution in [0.1, 0.15) is 38.5 Å². The Morgan fingerprint density at radius 2 is 1.53 bits per heavy atom. The largest absolute Gasteiger partial charge is 0.349 e. The minimum atomic E-state index is 0. The van der Waals surface area contributed by atoms with E-state index in [1.54, 1.807) is 0 Å². The minimum Gasteiger partial charge on any atom is -0.349 e. The van der Waals surface area contributed by atoms with E-state index in [9.17, 15) is 0 Å². The van der Waals surface area contributed by atoms with Gasteiger partial charge in [-0.25, -0.2) is 0 Å². The van der Waals surface area contributed by atoms with Crippen molar-refractivity contribution in [1.82, 2.24) is 9.80 Å². The molecule has 1 rings (SSSR count). The SMILES string of the molecule is CN(C)C(=NCCC1CCCCC1)N(C)C.I. The second-order valence-electron chi connectivity index (χ2n) is 5.26. The summed E-state index contributed by atoms with van der Waals surface area (Å²) in [7, 11) is 8.22. The molecule has 0 heterocycles. The highest BCUT2D eigenvalue weighted by atomic mass is 127. The molecule has 0 unspecified atom stereocenters. The fraction of sp³-hybridized carbons (Fsp3) is 0.923. The van der Waals surface area contributed by atoms with Gasteiger partial charge >= 0.3 is 0 Å². The fourth-order valence-corrected chi connectivity index (χ4v) is 2.51. The minimum absolute atomic E-state index is 0. The number of hydrogen-bond donors (Lipinski definition) is 0. The van der Waals surface area contributed by atoms with Gasteiger partial charge in [-0.1, -0.05) is 32.1 Å². The molecule has 0 saturated heterocycles. The molecule has 0 aliphatic heterocycles. The molecule has 0 aromatic carbocycles. The van der Waals surface area contributed by atoms with Crippen molar-refractivity contribution in [3.8, 4) is 0 Å². The zero-order valence-electron chi connectivity index (χ0n) is 11.8. The Bertz CT molecular complexity index is 211.